The molecule has 1 aliphatic heterocycles. The molecule has 172 valence electrons. The van der Waals surface area contributed by atoms with E-state index in [4.69, 9.17) is 5.73 Å². The van der Waals surface area contributed by atoms with E-state index in [1.165, 1.54) is 10.4 Å². The summed E-state index contributed by atoms with van der Waals surface area (Å²) in [6.45, 7) is 3.77. The zero-order valence-electron chi connectivity index (χ0n) is 18.8. The van der Waals surface area contributed by atoms with Crippen LogP contribution in [0.3, 0.4) is 0 Å². The number of benzene rings is 1. The Morgan fingerprint density at radius 1 is 1.09 bits per heavy atom. The molecule has 1 saturated carbocycles. The van der Waals surface area contributed by atoms with Crippen molar-refractivity contribution in [3.63, 3.8) is 0 Å². The largest absolute Gasteiger partial charge is 0.352 e. The van der Waals surface area contributed by atoms with Gasteiger partial charge in [0.05, 0.1) is 0 Å². The first-order valence-electron chi connectivity index (χ1n) is 11.6. The number of likely N-dealkylation sites (tertiary alicyclic amines) is 1. The van der Waals surface area contributed by atoms with Crippen molar-refractivity contribution < 1.29 is 9.59 Å². The first-order valence-corrected chi connectivity index (χ1v) is 12.5. The highest BCUT2D eigenvalue weighted by atomic mass is 32.1. The van der Waals surface area contributed by atoms with Gasteiger partial charge in [0.1, 0.15) is 6.04 Å². The van der Waals surface area contributed by atoms with E-state index in [0.717, 1.165) is 38.8 Å². The molecular formula is C25H34N4O2S. The normalized spacial score (nSPS) is 25.8. The van der Waals surface area contributed by atoms with Crippen molar-refractivity contribution in [2.45, 2.75) is 76.3 Å². The van der Waals surface area contributed by atoms with Crippen LogP contribution in [0.2, 0.25) is 0 Å². The third kappa shape index (κ3) is 5.77. The first-order chi connectivity index (χ1) is 15.5. The SMILES string of the molecule is CC(=O)N1CC(N(Cc2ccccc2)Cc2cccs2)CC1C(=O)NC1CCC(N)CC1. The summed E-state index contributed by atoms with van der Waals surface area (Å²) in [5.74, 6) is -0.0481. The molecule has 0 radical (unpaired) electrons. The summed E-state index contributed by atoms with van der Waals surface area (Å²) < 4.78 is 0. The molecular weight excluding hydrogens is 420 g/mol. The molecule has 2 atom stereocenters. The Kier molecular flexibility index (Phi) is 7.60. The monoisotopic (exact) mass is 454 g/mol. The third-order valence-electron chi connectivity index (χ3n) is 6.79. The molecule has 1 saturated heterocycles. The van der Waals surface area contributed by atoms with Crippen LogP contribution < -0.4 is 11.1 Å². The Morgan fingerprint density at radius 2 is 1.84 bits per heavy atom. The lowest BCUT2D eigenvalue weighted by molar-refractivity contribution is -0.137. The molecule has 2 aliphatic rings. The van der Waals surface area contributed by atoms with Gasteiger partial charge >= 0.3 is 0 Å². The van der Waals surface area contributed by atoms with Crippen LogP contribution in [0.15, 0.2) is 47.8 Å². The topological polar surface area (TPSA) is 78.7 Å². The minimum Gasteiger partial charge on any atom is -0.352 e. The molecule has 3 N–H and O–H groups in total. The van der Waals surface area contributed by atoms with Crippen LogP contribution >= 0.6 is 11.3 Å². The summed E-state index contributed by atoms with van der Waals surface area (Å²) in [6, 6.07) is 14.8. The molecule has 4 rings (SSSR count). The van der Waals surface area contributed by atoms with E-state index in [2.05, 4.69) is 52.0 Å². The minimum atomic E-state index is -0.408. The molecule has 1 aliphatic carbocycles. The fourth-order valence-corrected chi connectivity index (χ4v) is 5.70. The Bertz CT molecular complexity index is 881. The van der Waals surface area contributed by atoms with Crippen LogP contribution in [-0.2, 0) is 22.7 Å². The third-order valence-corrected chi connectivity index (χ3v) is 7.65. The molecule has 6 nitrogen and oxygen atoms in total. The summed E-state index contributed by atoms with van der Waals surface area (Å²) >= 11 is 1.75. The standard InChI is InChI=1S/C25H34N4O2S/c1-18(30)29-16-22(14-24(29)25(31)27-21-11-9-20(26)10-12-21)28(17-23-8-5-13-32-23)15-19-6-3-2-4-7-19/h2-8,13,20-22,24H,9-12,14-17,26H2,1H3,(H,27,31). The van der Waals surface area contributed by atoms with Gasteiger partial charge in [-0.25, -0.2) is 0 Å². The molecule has 7 heteroatoms. The van der Waals surface area contributed by atoms with Crippen LogP contribution in [0.5, 0.6) is 0 Å². The van der Waals surface area contributed by atoms with E-state index in [-0.39, 0.29) is 29.9 Å². The van der Waals surface area contributed by atoms with E-state index in [1.807, 2.05) is 6.07 Å². The average molecular weight is 455 g/mol. The van der Waals surface area contributed by atoms with Crippen molar-refractivity contribution in [3.05, 3.63) is 58.3 Å². The number of hydrogen-bond acceptors (Lipinski definition) is 5. The van der Waals surface area contributed by atoms with Gasteiger partial charge in [-0.3, -0.25) is 14.5 Å². The van der Waals surface area contributed by atoms with Crippen LogP contribution in [0.25, 0.3) is 0 Å². The van der Waals surface area contributed by atoms with Crippen LogP contribution in [0.1, 0.15) is 49.5 Å². The quantitative estimate of drug-likeness (QED) is 0.674. The molecule has 2 heterocycles. The summed E-state index contributed by atoms with van der Waals surface area (Å²) in [5.41, 5.74) is 7.25. The fraction of sp³-hybridized carbons (Fsp3) is 0.520. The molecule has 2 unspecified atom stereocenters. The van der Waals surface area contributed by atoms with Crippen molar-refractivity contribution in [1.29, 1.82) is 0 Å². The Morgan fingerprint density at radius 3 is 2.50 bits per heavy atom. The van der Waals surface area contributed by atoms with Crippen molar-refractivity contribution in [3.8, 4) is 0 Å². The van der Waals surface area contributed by atoms with Crippen molar-refractivity contribution in [2.24, 2.45) is 5.73 Å². The molecule has 2 amide bonds. The van der Waals surface area contributed by atoms with Gasteiger partial charge in [-0.05, 0) is 49.1 Å². The highest BCUT2D eigenvalue weighted by molar-refractivity contribution is 7.09. The maximum Gasteiger partial charge on any atom is 0.243 e. The number of carbonyl (C=O) groups is 2. The van der Waals surface area contributed by atoms with Gasteiger partial charge in [-0.1, -0.05) is 36.4 Å². The lowest BCUT2D eigenvalue weighted by atomic mass is 9.91. The maximum absolute atomic E-state index is 13.2. The molecule has 2 aromatic rings. The molecule has 2 fully saturated rings. The number of nitrogens with one attached hydrogen (secondary N) is 1. The van der Waals surface area contributed by atoms with Gasteiger partial charge in [-0.15, -0.1) is 11.3 Å². The van der Waals surface area contributed by atoms with Crippen molar-refractivity contribution in [1.82, 2.24) is 15.1 Å². The average Bonchev–Trinajstić information content (AvgIpc) is 3.46. The number of nitrogens with two attached hydrogens (primary N) is 1. The summed E-state index contributed by atoms with van der Waals surface area (Å²) in [4.78, 5) is 31.1. The Hall–Kier alpha value is -2.22. The van der Waals surface area contributed by atoms with Gasteiger partial charge in [0.2, 0.25) is 11.8 Å². The number of carbonyl (C=O) groups excluding carboxylic acids is 2. The van der Waals surface area contributed by atoms with Crippen molar-refractivity contribution >= 4 is 23.2 Å². The lowest BCUT2D eigenvalue weighted by Gasteiger charge is -2.29. The van der Waals surface area contributed by atoms with Gasteiger partial charge < -0.3 is 16.0 Å². The highest BCUT2D eigenvalue weighted by Crippen LogP contribution is 2.27. The summed E-state index contributed by atoms with van der Waals surface area (Å²) in [5, 5.41) is 5.31. The molecule has 1 aromatic heterocycles. The van der Waals surface area contributed by atoms with Crippen LogP contribution in [-0.4, -0.2) is 52.3 Å². The smallest absolute Gasteiger partial charge is 0.243 e. The lowest BCUT2D eigenvalue weighted by Crippen LogP contribution is -2.49. The zero-order chi connectivity index (χ0) is 22.5. The first kappa shape index (κ1) is 23.0. The number of hydrogen-bond donors (Lipinski definition) is 2. The van der Waals surface area contributed by atoms with Gasteiger partial charge in [0.15, 0.2) is 0 Å². The van der Waals surface area contributed by atoms with Crippen LogP contribution in [0, 0.1) is 0 Å². The predicted octanol–water partition coefficient (Wildman–Crippen LogP) is 3.13. The second kappa shape index (κ2) is 10.6. The van der Waals surface area contributed by atoms with Gasteiger partial charge in [0.25, 0.3) is 0 Å². The minimum absolute atomic E-state index is 0.0149. The van der Waals surface area contributed by atoms with E-state index in [0.29, 0.717) is 13.0 Å². The Labute approximate surface area is 194 Å². The second-order valence-corrected chi connectivity index (χ2v) is 10.2. The maximum atomic E-state index is 13.2. The number of amides is 2. The predicted molar refractivity (Wildman–Crippen MR) is 128 cm³/mol. The number of thiophene rings is 1. The van der Waals surface area contributed by atoms with Crippen molar-refractivity contribution in [2.75, 3.05) is 6.54 Å². The summed E-state index contributed by atoms with van der Waals surface area (Å²) in [6.07, 6.45) is 4.39. The zero-order valence-corrected chi connectivity index (χ0v) is 19.6. The van der Waals surface area contributed by atoms with Crippen LogP contribution in [0.4, 0.5) is 0 Å². The summed E-state index contributed by atoms with van der Waals surface area (Å²) in [7, 11) is 0. The van der Waals surface area contributed by atoms with E-state index in [9.17, 15) is 9.59 Å². The highest BCUT2D eigenvalue weighted by Gasteiger charge is 2.41. The molecule has 0 bridgehead atoms. The van der Waals surface area contributed by atoms with Gasteiger partial charge in [0, 0.05) is 49.6 Å². The molecule has 1 aromatic carbocycles. The van der Waals surface area contributed by atoms with E-state index < -0.39 is 6.04 Å². The van der Waals surface area contributed by atoms with E-state index in [1.54, 1.807) is 23.2 Å². The van der Waals surface area contributed by atoms with Gasteiger partial charge in [-0.2, -0.15) is 0 Å². The molecule has 0 spiro atoms. The second-order valence-electron chi connectivity index (χ2n) is 9.17. The molecule has 32 heavy (non-hydrogen) atoms. The van der Waals surface area contributed by atoms with E-state index >= 15 is 0 Å². The number of rotatable bonds is 7. The fourth-order valence-electron chi connectivity index (χ4n) is 4.97. The number of nitrogens with zero attached hydrogens (tertiary/aromatic N) is 2. The Balaban J connectivity index is 1.47.